The lowest BCUT2D eigenvalue weighted by atomic mass is 10.1. The van der Waals surface area contributed by atoms with Gasteiger partial charge >= 0.3 is 0 Å². The first kappa shape index (κ1) is 12.4. The molecule has 13 heavy (non-hydrogen) atoms. The highest BCUT2D eigenvalue weighted by Crippen LogP contribution is 1.97. The zero-order valence-corrected chi connectivity index (χ0v) is 8.38. The largest absolute Gasteiger partial charge is 0.355 e. The van der Waals surface area contributed by atoms with E-state index in [1.54, 1.807) is 0 Å². The van der Waals surface area contributed by atoms with Gasteiger partial charge in [0, 0.05) is 6.54 Å². The van der Waals surface area contributed by atoms with E-state index in [9.17, 15) is 4.79 Å². The number of amides is 1. The van der Waals surface area contributed by atoms with Crippen LogP contribution in [0.3, 0.4) is 0 Å². The number of carbonyl (C=O) groups excluding carboxylic acids is 1. The number of hydrogen-bond acceptors (Lipinski definition) is 3. The zero-order chi connectivity index (χ0) is 10.1. The summed E-state index contributed by atoms with van der Waals surface area (Å²) in [5, 5.41) is 2.76. The third-order valence-corrected chi connectivity index (χ3v) is 1.86. The molecule has 0 rings (SSSR count). The number of rotatable bonds is 7. The van der Waals surface area contributed by atoms with E-state index < -0.39 is 0 Å². The maximum atomic E-state index is 11.2. The first-order chi connectivity index (χ1) is 6.22. The summed E-state index contributed by atoms with van der Waals surface area (Å²) in [6, 6.07) is -0.363. The zero-order valence-electron chi connectivity index (χ0n) is 8.38. The van der Waals surface area contributed by atoms with Crippen LogP contribution in [0, 0.1) is 0 Å². The van der Waals surface area contributed by atoms with E-state index in [4.69, 9.17) is 11.5 Å². The summed E-state index contributed by atoms with van der Waals surface area (Å²) in [6.07, 6.45) is 3.54. The van der Waals surface area contributed by atoms with Crippen LogP contribution in [0.1, 0.15) is 32.6 Å². The number of unbranched alkanes of at least 4 members (excludes halogenated alkanes) is 1. The van der Waals surface area contributed by atoms with Crippen LogP contribution in [0.15, 0.2) is 0 Å². The molecule has 1 atom stereocenters. The van der Waals surface area contributed by atoms with Crippen molar-refractivity contribution in [1.82, 2.24) is 5.32 Å². The number of hydrogen-bond donors (Lipinski definition) is 3. The van der Waals surface area contributed by atoms with Crippen LogP contribution in [0.2, 0.25) is 0 Å². The Labute approximate surface area is 80.0 Å². The highest BCUT2D eigenvalue weighted by Gasteiger charge is 2.10. The van der Waals surface area contributed by atoms with Crippen molar-refractivity contribution in [3.8, 4) is 0 Å². The lowest BCUT2D eigenvalue weighted by Crippen LogP contribution is -2.40. The molecule has 0 aliphatic rings. The van der Waals surface area contributed by atoms with Gasteiger partial charge in [0.2, 0.25) is 5.91 Å². The van der Waals surface area contributed by atoms with Crippen molar-refractivity contribution in [2.45, 2.75) is 38.6 Å². The molecule has 1 amide bonds. The van der Waals surface area contributed by atoms with Gasteiger partial charge in [-0.05, 0) is 25.8 Å². The van der Waals surface area contributed by atoms with Crippen LogP contribution in [-0.4, -0.2) is 25.0 Å². The molecule has 0 aliphatic carbocycles. The summed E-state index contributed by atoms with van der Waals surface area (Å²) < 4.78 is 0. The van der Waals surface area contributed by atoms with Crippen molar-refractivity contribution >= 4 is 5.91 Å². The predicted molar refractivity (Wildman–Crippen MR) is 54.2 cm³/mol. The van der Waals surface area contributed by atoms with Crippen LogP contribution in [0.25, 0.3) is 0 Å². The summed E-state index contributed by atoms with van der Waals surface area (Å²) in [4.78, 5) is 11.2. The van der Waals surface area contributed by atoms with Crippen molar-refractivity contribution in [2.75, 3.05) is 13.1 Å². The minimum Gasteiger partial charge on any atom is -0.355 e. The fourth-order valence-corrected chi connectivity index (χ4v) is 1.02. The van der Waals surface area contributed by atoms with E-state index in [1.165, 1.54) is 0 Å². The third-order valence-electron chi connectivity index (χ3n) is 1.86. The molecule has 78 valence electrons. The minimum absolute atomic E-state index is 0.0427. The SMILES string of the molecule is CCCNC(=O)C(N)CCCCN. The second kappa shape index (κ2) is 8.01. The molecular formula is C9H21N3O. The molecule has 0 saturated carbocycles. The Balaban J connectivity index is 3.45. The molecule has 4 heteroatoms. The normalized spacial score (nSPS) is 12.5. The smallest absolute Gasteiger partial charge is 0.236 e. The Bertz CT molecular complexity index is 139. The minimum atomic E-state index is -0.363. The summed E-state index contributed by atoms with van der Waals surface area (Å²) in [5.74, 6) is -0.0427. The number of nitrogens with one attached hydrogen (secondary N) is 1. The predicted octanol–water partition coefficient (Wildman–Crippen LogP) is -0.0311. The lowest BCUT2D eigenvalue weighted by molar-refractivity contribution is -0.122. The Hall–Kier alpha value is -0.610. The topological polar surface area (TPSA) is 81.1 Å². The molecule has 0 spiro atoms. The highest BCUT2D eigenvalue weighted by molar-refractivity contribution is 5.81. The van der Waals surface area contributed by atoms with E-state index in [-0.39, 0.29) is 11.9 Å². The van der Waals surface area contributed by atoms with E-state index in [0.717, 1.165) is 25.7 Å². The monoisotopic (exact) mass is 187 g/mol. The van der Waals surface area contributed by atoms with Crippen LogP contribution < -0.4 is 16.8 Å². The van der Waals surface area contributed by atoms with Gasteiger partial charge in [-0.1, -0.05) is 13.3 Å². The van der Waals surface area contributed by atoms with Gasteiger partial charge in [-0.3, -0.25) is 4.79 Å². The van der Waals surface area contributed by atoms with Crippen LogP contribution in [-0.2, 0) is 4.79 Å². The Kier molecular flexibility index (Phi) is 7.63. The summed E-state index contributed by atoms with van der Waals surface area (Å²) >= 11 is 0. The molecule has 0 aliphatic heterocycles. The van der Waals surface area contributed by atoms with Gasteiger partial charge in [-0.15, -0.1) is 0 Å². The van der Waals surface area contributed by atoms with Gasteiger partial charge in [0.05, 0.1) is 6.04 Å². The molecule has 0 saturated heterocycles. The lowest BCUT2D eigenvalue weighted by Gasteiger charge is -2.10. The standard InChI is InChI=1S/C9H21N3O/c1-2-7-12-9(13)8(11)5-3-4-6-10/h8H,2-7,10-11H2,1H3,(H,12,13). The third kappa shape index (κ3) is 6.54. The van der Waals surface area contributed by atoms with Crippen LogP contribution in [0.4, 0.5) is 0 Å². The number of nitrogens with two attached hydrogens (primary N) is 2. The summed E-state index contributed by atoms with van der Waals surface area (Å²) in [7, 11) is 0. The molecule has 0 aromatic rings. The average molecular weight is 187 g/mol. The molecule has 0 aromatic heterocycles. The van der Waals surface area contributed by atoms with Gasteiger partial charge < -0.3 is 16.8 Å². The highest BCUT2D eigenvalue weighted by atomic mass is 16.2. The van der Waals surface area contributed by atoms with Crippen molar-refractivity contribution in [1.29, 1.82) is 0 Å². The molecule has 0 aromatic carbocycles. The van der Waals surface area contributed by atoms with Gasteiger partial charge in [0.25, 0.3) is 0 Å². The van der Waals surface area contributed by atoms with E-state index >= 15 is 0 Å². The van der Waals surface area contributed by atoms with Crippen molar-refractivity contribution in [2.24, 2.45) is 11.5 Å². The Morgan fingerprint density at radius 1 is 1.46 bits per heavy atom. The second-order valence-corrected chi connectivity index (χ2v) is 3.18. The fourth-order valence-electron chi connectivity index (χ4n) is 1.02. The van der Waals surface area contributed by atoms with Crippen molar-refractivity contribution in [3.05, 3.63) is 0 Å². The molecule has 0 radical (unpaired) electrons. The van der Waals surface area contributed by atoms with Gasteiger partial charge in [-0.25, -0.2) is 0 Å². The molecule has 0 bridgehead atoms. The molecule has 0 heterocycles. The van der Waals surface area contributed by atoms with Crippen molar-refractivity contribution in [3.63, 3.8) is 0 Å². The maximum Gasteiger partial charge on any atom is 0.236 e. The number of carbonyl (C=O) groups is 1. The van der Waals surface area contributed by atoms with Crippen molar-refractivity contribution < 1.29 is 4.79 Å². The molecular weight excluding hydrogens is 166 g/mol. The van der Waals surface area contributed by atoms with E-state index in [2.05, 4.69) is 5.32 Å². The second-order valence-electron chi connectivity index (χ2n) is 3.18. The van der Waals surface area contributed by atoms with E-state index in [0.29, 0.717) is 13.1 Å². The van der Waals surface area contributed by atoms with Gasteiger partial charge in [0.15, 0.2) is 0 Å². The summed E-state index contributed by atoms with van der Waals surface area (Å²) in [5.41, 5.74) is 11.0. The average Bonchev–Trinajstić information content (AvgIpc) is 2.14. The van der Waals surface area contributed by atoms with Gasteiger partial charge in [-0.2, -0.15) is 0 Å². The summed E-state index contributed by atoms with van der Waals surface area (Å²) in [6.45, 7) is 3.40. The Morgan fingerprint density at radius 3 is 2.69 bits per heavy atom. The molecule has 4 nitrogen and oxygen atoms in total. The molecule has 0 fully saturated rings. The maximum absolute atomic E-state index is 11.2. The Morgan fingerprint density at radius 2 is 2.15 bits per heavy atom. The first-order valence-corrected chi connectivity index (χ1v) is 4.95. The quantitative estimate of drug-likeness (QED) is 0.489. The first-order valence-electron chi connectivity index (χ1n) is 4.95. The fraction of sp³-hybridized carbons (Fsp3) is 0.889. The van der Waals surface area contributed by atoms with Crippen LogP contribution >= 0.6 is 0 Å². The molecule has 5 N–H and O–H groups in total. The van der Waals surface area contributed by atoms with E-state index in [1.807, 2.05) is 6.92 Å². The molecule has 1 unspecified atom stereocenters. The van der Waals surface area contributed by atoms with Crippen LogP contribution in [0.5, 0.6) is 0 Å². The van der Waals surface area contributed by atoms with Gasteiger partial charge in [0.1, 0.15) is 0 Å².